The lowest BCUT2D eigenvalue weighted by molar-refractivity contribution is -0.234. The van der Waals surface area contributed by atoms with E-state index in [2.05, 4.69) is 108 Å². The Labute approximate surface area is 184 Å². The number of rotatable bonds is 4. The largest absolute Gasteiger partial charge is 0.355 e. The Morgan fingerprint density at radius 1 is 1.07 bits per heavy atom. The second-order valence-corrected chi connectivity index (χ2v) is 10.0. The molecule has 2 aliphatic rings. The minimum absolute atomic E-state index is 0.0347. The molecule has 1 saturated carbocycles. The molecule has 0 bridgehead atoms. The second-order valence-electron chi connectivity index (χ2n) is 9.19. The third-order valence-corrected chi connectivity index (χ3v) is 7.59. The Morgan fingerprint density at radius 2 is 1.79 bits per heavy atom. The first kappa shape index (κ1) is 20.8. The first-order chi connectivity index (χ1) is 14.0. The molecule has 1 heterocycles. The van der Waals surface area contributed by atoms with Gasteiger partial charge in [0.1, 0.15) is 6.23 Å². The van der Waals surface area contributed by atoms with Gasteiger partial charge in [-0.2, -0.15) is 0 Å². The van der Waals surface area contributed by atoms with E-state index in [0.717, 1.165) is 16.9 Å². The quantitative estimate of drug-likeness (QED) is 0.490. The summed E-state index contributed by atoms with van der Waals surface area (Å²) in [4.78, 5) is 2.56. The number of benzene rings is 2. The Morgan fingerprint density at radius 3 is 2.55 bits per heavy atom. The van der Waals surface area contributed by atoms with Crippen molar-refractivity contribution in [3.8, 4) is 0 Å². The van der Waals surface area contributed by atoms with Gasteiger partial charge in [-0.05, 0) is 44.2 Å². The van der Waals surface area contributed by atoms with Gasteiger partial charge in [0.15, 0.2) is 0 Å². The number of hydrogen-bond acceptors (Lipinski definition) is 2. The maximum atomic E-state index is 6.84. The third-order valence-electron chi connectivity index (χ3n) is 6.87. The minimum atomic E-state index is -0.0347. The zero-order valence-electron chi connectivity index (χ0n) is 17.7. The first-order valence-corrected chi connectivity index (χ1v) is 11.6. The van der Waals surface area contributed by atoms with E-state index in [-0.39, 0.29) is 11.8 Å². The number of hydrogen-bond donors (Lipinski definition) is 0. The molecular weight excluding hydrogens is 422 g/mol. The summed E-state index contributed by atoms with van der Waals surface area (Å²) in [5.41, 5.74) is 2.54. The van der Waals surface area contributed by atoms with Gasteiger partial charge in [-0.15, -0.1) is 0 Å². The summed E-state index contributed by atoms with van der Waals surface area (Å²) in [5.74, 6) is 1.32. The number of fused-ring (bicyclic) bond motifs is 1. The summed E-state index contributed by atoms with van der Waals surface area (Å²) >= 11 is 3.78. The van der Waals surface area contributed by atoms with E-state index in [1.165, 1.54) is 30.4 Å². The Hall–Kier alpha value is -1.42. The number of nitrogens with zero attached hydrogens (tertiary/aromatic N) is 1. The van der Waals surface area contributed by atoms with Crippen molar-refractivity contribution >= 4 is 22.0 Å². The lowest BCUT2D eigenvalue weighted by Crippen LogP contribution is -2.61. The van der Waals surface area contributed by atoms with Crippen LogP contribution in [0, 0.1) is 11.8 Å². The summed E-state index contributed by atoms with van der Waals surface area (Å²) in [6, 6.07) is 19.1. The van der Waals surface area contributed by atoms with Crippen LogP contribution in [0.2, 0.25) is 0 Å². The van der Waals surface area contributed by atoms with Gasteiger partial charge in [-0.3, -0.25) is 4.90 Å². The molecule has 0 amide bonds. The van der Waals surface area contributed by atoms with E-state index in [9.17, 15) is 0 Å². The third kappa shape index (κ3) is 4.38. The zero-order chi connectivity index (χ0) is 20.4. The molecule has 29 heavy (non-hydrogen) atoms. The van der Waals surface area contributed by atoms with Gasteiger partial charge >= 0.3 is 0 Å². The Bertz CT molecular complexity index is 847. The molecule has 0 unspecified atom stereocenters. The average Bonchev–Trinajstić information content (AvgIpc) is 2.70. The lowest BCUT2D eigenvalue weighted by Gasteiger charge is -2.57. The van der Waals surface area contributed by atoms with Gasteiger partial charge in [-0.25, -0.2) is 0 Å². The molecule has 0 aromatic heterocycles. The molecular formula is C26H32BrNO. The van der Waals surface area contributed by atoms with Crippen molar-refractivity contribution < 1.29 is 4.74 Å². The molecule has 2 nitrogen and oxygen atoms in total. The van der Waals surface area contributed by atoms with E-state index >= 15 is 0 Å². The van der Waals surface area contributed by atoms with Crippen LogP contribution >= 0.6 is 15.9 Å². The van der Waals surface area contributed by atoms with Gasteiger partial charge in [0.05, 0.1) is 6.10 Å². The molecule has 2 aromatic carbocycles. The van der Waals surface area contributed by atoms with Gasteiger partial charge in [0.2, 0.25) is 0 Å². The highest BCUT2D eigenvalue weighted by Gasteiger charge is 2.50. The molecule has 4 rings (SSSR count). The van der Waals surface area contributed by atoms with Crippen LogP contribution in [0.25, 0.3) is 6.08 Å². The zero-order valence-corrected chi connectivity index (χ0v) is 19.3. The highest BCUT2D eigenvalue weighted by molar-refractivity contribution is 9.10. The van der Waals surface area contributed by atoms with Gasteiger partial charge in [0.25, 0.3) is 0 Å². The maximum Gasteiger partial charge on any atom is 0.138 e. The van der Waals surface area contributed by atoms with Crippen LogP contribution in [0.5, 0.6) is 0 Å². The van der Waals surface area contributed by atoms with Crippen LogP contribution in [0.3, 0.4) is 0 Å². The molecule has 0 radical (unpaired) electrons. The molecule has 0 spiro atoms. The average molecular weight is 454 g/mol. The van der Waals surface area contributed by atoms with Crippen LogP contribution in [0.15, 0.2) is 65.1 Å². The van der Waals surface area contributed by atoms with Crippen molar-refractivity contribution in [3.63, 3.8) is 0 Å². The van der Waals surface area contributed by atoms with Gasteiger partial charge in [-0.1, -0.05) is 90.0 Å². The van der Waals surface area contributed by atoms with Gasteiger partial charge in [0, 0.05) is 28.0 Å². The topological polar surface area (TPSA) is 12.5 Å². The predicted octanol–water partition coefficient (Wildman–Crippen LogP) is 7.08. The van der Waals surface area contributed by atoms with Crippen LogP contribution in [0.1, 0.15) is 57.4 Å². The molecule has 1 aliphatic heterocycles. The monoisotopic (exact) mass is 453 g/mol. The SMILES string of the molecule is C[C@@H]1CC[C@@H]2[C@@H](C1)O[C@@H](c1ccccc1Br)N(C/C=C/c1ccccc1)C2(C)C. The Kier molecular flexibility index (Phi) is 6.29. The highest BCUT2D eigenvalue weighted by atomic mass is 79.9. The smallest absolute Gasteiger partial charge is 0.138 e. The van der Waals surface area contributed by atoms with Crippen molar-refractivity contribution in [2.75, 3.05) is 6.54 Å². The first-order valence-electron chi connectivity index (χ1n) is 10.8. The van der Waals surface area contributed by atoms with Gasteiger partial charge < -0.3 is 4.74 Å². The van der Waals surface area contributed by atoms with Crippen LogP contribution in [-0.2, 0) is 4.74 Å². The fourth-order valence-electron chi connectivity index (χ4n) is 5.16. The predicted molar refractivity (Wildman–Crippen MR) is 125 cm³/mol. The molecule has 154 valence electrons. The van der Waals surface area contributed by atoms with E-state index in [1.54, 1.807) is 0 Å². The highest BCUT2D eigenvalue weighted by Crippen LogP contribution is 2.49. The van der Waals surface area contributed by atoms with E-state index < -0.39 is 0 Å². The van der Waals surface area contributed by atoms with Crippen LogP contribution in [0.4, 0.5) is 0 Å². The second kappa shape index (κ2) is 8.75. The summed E-state index contributed by atoms with van der Waals surface area (Å²) < 4.78 is 7.97. The summed E-state index contributed by atoms with van der Waals surface area (Å²) in [6.45, 7) is 8.08. The molecule has 2 aromatic rings. The normalized spacial score (nSPS) is 29.7. The molecule has 1 aliphatic carbocycles. The lowest BCUT2D eigenvalue weighted by atomic mass is 9.69. The van der Waals surface area contributed by atoms with Crippen LogP contribution in [-0.4, -0.2) is 23.1 Å². The number of halogens is 1. The van der Waals surface area contributed by atoms with Crippen molar-refractivity contribution in [1.29, 1.82) is 0 Å². The maximum absolute atomic E-state index is 6.84. The van der Waals surface area contributed by atoms with E-state index in [0.29, 0.717) is 12.0 Å². The fraction of sp³-hybridized carbons (Fsp3) is 0.462. The molecule has 4 atom stereocenters. The standard InChI is InChI=1S/C26H32BrNO/c1-19-15-16-22-24(18-19)29-25(21-13-7-8-14-23(21)27)28(26(22,2)3)17-9-12-20-10-5-4-6-11-20/h4-14,19,22,24-25H,15-18H2,1-3H3/b12-9+/t19-,22-,24-,25+/m1/s1. The molecule has 1 saturated heterocycles. The number of ether oxygens (including phenoxy) is 1. The van der Waals surface area contributed by atoms with Crippen molar-refractivity contribution in [3.05, 3.63) is 76.3 Å². The summed E-state index contributed by atoms with van der Waals surface area (Å²) in [7, 11) is 0. The van der Waals surface area contributed by atoms with Crippen molar-refractivity contribution in [2.24, 2.45) is 11.8 Å². The Balaban J connectivity index is 1.65. The van der Waals surface area contributed by atoms with Crippen molar-refractivity contribution in [2.45, 2.75) is 57.9 Å². The molecule has 2 fully saturated rings. The minimum Gasteiger partial charge on any atom is -0.355 e. The summed E-state index contributed by atoms with van der Waals surface area (Å²) in [6.07, 6.45) is 8.54. The van der Waals surface area contributed by atoms with E-state index in [1.807, 2.05) is 0 Å². The molecule has 0 N–H and O–H groups in total. The summed E-state index contributed by atoms with van der Waals surface area (Å²) in [5, 5.41) is 0. The van der Waals surface area contributed by atoms with E-state index in [4.69, 9.17) is 4.74 Å². The van der Waals surface area contributed by atoms with Crippen molar-refractivity contribution in [1.82, 2.24) is 4.90 Å². The fourth-order valence-corrected chi connectivity index (χ4v) is 5.64. The molecule has 3 heteroatoms. The van der Waals surface area contributed by atoms with Crippen LogP contribution < -0.4 is 0 Å².